The third-order valence-electron chi connectivity index (χ3n) is 4.66. The van der Waals surface area contributed by atoms with Crippen LogP contribution in [0.2, 0.25) is 0 Å². The van der Waals surface area contributed by atoms with Gasteiger partial charge in [-0.3, -0.25) is 4.98 Å². The Balaban J connectivity index is 1.90. The van der Waals surface area contributed by atoms with Crippen LogP contribution >= 0.6 is 0 Å². The van der Waals surface area contributed by atoms with Gasteiger partial charge in [-0.1, -0.05) is 36.4 Å². The Labute approximate surface area is 171 Å². The van der Waals surface area contributed by atoms with Gasteiger partial charge in [-0.05, 0) is 51.8 Å². The molecule has 0 fully saturated rings. The molecule has 0 spiro atoms. The van der Waals surface area contributed by atoms with E-state index in [2.05, 4.69) is 16.4 Å². The third kappa shape index (κ3) is 4.55. The number of alkyl carbamates (subject to hydrolysis) is 1. The summed E-state index contributed by atoms with van der Waals surface area (Å²) in [6.45, 7) is 9.35. The molecule has 0 aliphatic heterocycles. The first-order valence-electron chi connectivity index (χ1n) is 9.50. The molecule has 3 aromatic rings. The lowest BCUT2D eigenvalue weighted by molar-refractivity contribution is 0.0470. The Morgan fingerprint density at radius 1 is 1.03 bits per heavy atom. The summed E-state index contributed by atoms with van der Waals surface area (Å²) in [6, 6.07) is 16.0. The van der Waals surface area contributed by atoms with Crippen LogP contribution in [-0.4, -0.2) is 16.7 Å². The predicted molar refractivity (Wildman–Crippen MR) is 114 cm³/mol. The normalized spacial score (nSPS) is 11.7. The fourth-order valence-electron chi connectivity index (χ4n) is 3.23. The molecule has 0 saturated carbocycles. The average molecular weight is 387 g/mol. The maximum Gasteiger partial charge on any atom is 0.408 e. The van der Waals surface area contributed by atoms with Crippen LogP contribution in [0.1, 0.15) is 45.7 Å². The highest BCUT2D eigenvalue weighted by Gasteiger charge is 2.26. The van der Waals surface area contributed by atoms with Crippen LogP contribution in [0.15, 0.2) is 54.9 Å². The highest BCUT2D eigenvalue weighted by molar-refractivity contribution is 5.93. The highest BCUT2D eigenvalue weighted by atomic mass is 16.6. The second-order valence-electron chi connectivity index (χ2n) is 8.53. The van der Waals surface area contributed by atoms with Crippen molar-refractivity contribution in [2.75, 3.05) is 0 Å². The smallest absolute Gasteiger partial charge is 0.408 e. The van der Waals surface area contributed by atoms with Gasteiger partial charge in [-0.2, -0.15) is 5.26 Å². The van der Waals surface area contributed by atoms with Gasteiger partial charge in [0, 0.05) is 28.7 Å². The van der Waals surface area contributed by atoms with E-state index in [0.29, 0.717) is 5.56 Å². The maximum atomic E-state index is 12.2. The molecule has 0 atom stereocenters. The van der Waals surface area contributed by atoms with Crippen LogP contribution in [0.3, 0.4) is 0 Å². The topological polar surface area (TPSA) is 75.0 Å². The van der Waals surface area contributed by atoms with Gasteiger partial charge in [0.2, 0.25) is 0 Å². The molecule has 148 valence electrons. The second kappa shape index (κ2) is 7.56. The predicted octanol–water partition coefficient (Wildman–Crippen LogP) is 5.53. The molecule has 5 nitrogen and oxygen atoms in total. The van der Waals surface area contributed by atoms with E-state index in [0.717, 1.165) is 27.5 Å². The number of aromatic nitrogens is 1. The van der Waals surface area contributed by atoms with E-state index >= 15 is 0 Å². The molecular weight excluding hydrogens is 362 g/mol. The molecule has 0 bridgehead atoms. The number of amides is 1. The summed E-state index contributed by atoms with van der Waals surface area (Å²) in [5.74, 6) is 0. The van der Waals surface area contributed by atoms with E-state index in [1.54, 1.807) is 12.4 Å². The zero-order valence-electron chi connectivity index (χ0n) is 17.4. The molecule has 1 heterocycles. The number of fused-ring (bicyclic) bond motifs is 1. The fraction of sp³-hybridized carbons (Fsp3) is 0.292. The van der Waals surface area contributed by atoms with Gasteiger partial charge in [0.15, 0.2) is 0 Å². The lowest BCUT2D eigenvalue weighted by Gasteiger charge is -2.29. The van der Waals surface area contributed by atoms with Crippen LogP contribution in [0.5, 0.6) is 0 Å². The number of nitrogens with zero attached hydrogens (tertiary/aromatic N) is 2. The van der Waals surface area contributed by atoms with Gasteiger partial charge in [-0.25, -0.2) is 4.79 Å². The van der Waals surface area contributed by atoms with Gasteiger partial charge in [0.25, 0.3) is 0 Å². The summed E-state index contributed by atoms with van der Waals surface area (Å²) < 4.78 is 5.37. The second-order valence-corrected chi connectivity index (χ2v) is 8.53. The summed E-state index contributed by atoms with van der Waals surface area (Å²) in [4.78, 5) is 16.3. The summed E-state index contributed by atoms with van der Waals surface area (Å²) in [5, 5.41) is 14.5. The molecule has 0 aliphatic carbocycles. The summed E-state index contributed by atoms with van der Waals surface area (Å²) in [5.41, 5.74) is 2.23. The number of nitriles is 1. The molecule has 0 radical (unpaired) electrons. The first kappa shape index (κ1) is 20.3. The van der Waals surface area contributed by atoms with Crippen LogP contribution < -0.4 is 5.32 Å². The van der Waals surface area contributed by atoms with Crippen molar-refractivity contribution < 1.29 is 9.53 Å². The summed E-state index contributed by atoms with van der Waals surface area (Å²) in [6.07, 6.45) is 3.00. The number of rotatable bonds is 3. The van der Waals surface area contributed by atoms with Crippen LogP contribution in [-0.2, 0) is 10.3 Å². The molecule has 5 heteroatoms. The minimum Gasteiger partial charge on any atom is -0.444 e. The van der Waals surface area contributed by atoms with Crippen molar-refractivity contribution in [2.45, 2.75) is 45.8 Å². The fourth-order valence-corrected chi connectivity index (χ4v) is 3.23. The molecule has 1 amide bonds. The molecule has 0 saturated heterocycles. The first-order valence-corrected chi connectivity index (χ1v) is 9.50. The molecule has 29 heavy (non-hydrogen) atoms. The number of ether oxygens (including phenoxy) is 1. The largest absolute Gasteiger partial charge is 0.444 e. The molecule has 1 N–H and O–H groups in total. The molecule has 1 aromatic heterocycles. The van der Waals surface area contributed by atoms with Crippen LogP contribution in [0.4, 0.5) is 4.79 Å². The lowest BCUT2D eigenvalue weighted by Crippen LogP contribution is -2.43. The Hall–Kier alpha value is -3.39. The number of pyridine rings is 1. The number of carbonyl (C=O) groups excluding carboxylic acids is 1. The lowest BCUT2D eigenvalue weighted by atomic mass is 9.90. The number of carbonyl (C=O) groups is 1. The minimum atomic E-state index is -0.603. The van der Waals surface area contributed by atoms with Crippen molar-refractivity contribution in [1.82, 2.24) is 10.3 Å². The molecule has 0 aliphatic rings. The Kier molecular flexibility index (Phi) is 5.30. The van der Waals surface area contributed by atoms with Crippen molar-refractivity contribution >= 4 is 16.9 Å². The molecule has 2 aromatic carbocycles. The zero-order valence-corrected chi connectivity index (χ0v) is 17.4. The molecule has 0 unspecified atom stereocenters. The van der Waals surface area contributed by atoms with Gasteiger partial charge in [-0.15, -0.1) is 0 Å². The summed E-state index contributed by atoms with van der Waals surface area (Å²) in [7, 11) is 0. The van der Waals surface area contributed by atoms with E-state index in [9.17, 15) is 10.1 Å². The minimum absolute atomic E-state index is 0.457. The van der Waals surface area contributed by atoms with Gasteiger partial charge in [0.1, 0.15) is 11.7 Å². The van der Waals surface area contributed by atoms with E-state index in [1.165, 1.54) is 0 Å². The first-order chi connectivity index (χ1) is 13.6. The van der Waals surface area contributed by atoms with Crippen molar-refractivity contribution in [2.24, 2.45) is 0 Å². The van der Waals surface area contributed by atoms with E-state index in [1.807, 2.05) is 77.1 Å². The Morgan fingerprint density at radius 2 is 1.72 bits per heavy atom. The number of hydrogen-bond donors (Lipinski definition) is 1. The van der Waals surface area contributed by atoms with Crippen LogP contribution in [0, 0.1) is 11.3 Å². The van der Waals surface area contributed by atoms with Crippen molar-refractivity contribution in [3.8, 4) is 17.2 Å². The maximum absolute atomic E-state index is 12.2. The number of nitrogens with one attached hydrogen (secondary N) is 1. The molecule has 3 rings (SSSR count). The molecular formula is C24H25N3O2. The number of hydrogen-bond acceptors (Lipinski definition) is 4. The third-order valence-corrected chi connectivity index (χ3v) is 4.66. The Morgan fingerprint density at radius 3 is 2.34 bits per heavy atom. The van der Waals surface area contributed by atoms with Crippen molar-refractivity contribution in [1.29, 1.82) is 5.26 Å². The quantitative estimate of drug-likeness (QED) is 0.641. The van der Waals surface area contributed by atoms with E-state index in [4.69, 9.17) is 4.74 Å². The number of benzene rings is 2. The summed E-state index contributed by atoms with van der Waals surface area (Å²) >= 11 is 0. The van der Waals surface area contributed by atoms with Crippen molar-refractivity contribution in [3.63, 3.8) is 0 Å². The SMILES string of the molecule is CC(C)(C)OC(=O)NC(C)(C)c1ccc(-c2ccc3cnccc3c2C#N)cc1. The van der Waals surface area contributed by atoms with E-state index < -0.39 is 17.2 Å². The standard InChI is InChI=1S/C24H25N3O2/c1-23(2,3)29-22(28)27-24(4,5)18-9-6-16(7-10-18)19-11-8-17-15-26-13-12-20(17)21(19)14-25/h6-13,15H,1-5H3,(H,27,28). The average Bonchev–Trinajstić information content (AvgIpc) is 2.65. The zero-order chi connectivity index (χ0) is 21.2. The highest BCUT2D eigenvalue weighted by Crippen LogP contribution is 2.31. The van der Waals surface area contributed by atoms with Crippen molar-refractivity contribution in [3.05, 3.63) is 66.0 Å². The monoisotopic (exact) mass is 387 g/mol. The van der Waals surface area contributed by atoms with Crippen LogP contribution in [0.25, 0.3) is 21.9 Å². The van der Waals surface area contributed by atoms with Gasteiger partial charge >= 0.3 is 6.09 Å². The van der Waals surface area contributed by atoms with Gasteiger partial charge in [0.05, 0.1) is 11.1 Å². The van der Waals surface area contributed by atoms with Gasteiger partial charge < -0.3 is 10.1 Å². The van der Waals surface area contributed by atoms with E-state index in [-0.39, 0.29) is 0 Å². The Bertz CT molecular complexity index is 1090.